The lowest BCUT2D eigenvalue weighted by Gasteiger charge is -2.11. The Kier molecular flexibility index (Phi) is 3.23. The maximum absolute atomic E-state index is 11.7. The fourth-order valence-corrected chi connectivity index (χ4v) is 2.44. The molecule has 3 rings (SSSR count). The Hall–Kier alpha value is -2.21. The van der Waals surface area contributed by atoms with Crippen molar-refractivity contribution >= 4 is 5.97 Å². The second-order valence-corrected chi connectivity index (χ2v) is 4.64. The fourth-order valence-electron chi connectivity index (χ4n) is 2.44. The first-order chi connectivity index (χ1) is 9.70. The van der Waals surface area contributed by atoms with Crippen LogP contribution in [0.15, 0.2) is 30.3 Å². The van der Waals surface area contributed by atoms with Gasteiger partial charge < -0.3 is 9.84 Å². The molecule has 1 aromatic heterocycles. The van der Waals surface area contributed by atoms with Crippen LogP contribution in [-0.2, 0) is 4.74 Å². The number of rotatable bonds is 3. The predicted octanol–water partition coefficient (Wildman–Crippen LogP) is 1.48. The molecule has 1 aliphatic heterocycles. The van der Waals surface area contributed by atoms with Gasteiger partial charge in [0.15, 0.2) is 5.82 Å². The first-order valence-electron chi connectivity index (χ1n) is 6.57. The summed E-state index contributed by atoms with van der Waals surface area (Å²) < 4.78 is 6.50. The highest BCUT2D eigenvalue weighted by molar-refractivity contribution is 5.85. The third-order valence-electron chi connectivity index (χ3n) is 3.34. The Morgan fingerprint density at radius 1 is 1.45 bits per heavy atom. The van der Waals surface area contributed by atoms with E-state index in [1.807, 2.05) is 30.3 Å². The predicted molar refractivity (Wildman–Crippen MR) is 70.1 cm³/mol. The zero-order valence-electron chi connectivity index (χ0n) is 11.1. The molecular weight excluding hydrogens is 258 g/mol. The summed E-state index contributed by atoms with van der Waals surface area (Å²) in [5, 5.41) is 14.3. The lowest BCUT2D eigenvalue weighted by Crippen LogP contribution is -2.11. The Morgan fingerprint density at radius 2 is 2.20 bits per heavy atom. The van der Waals surface area contributed by atoms with Gasteiger partial charge in [0.1, 0.15) is 6.10 Å². The molecule has 2 aromatic rings. The van der Waals surface area contributed by atoms with Gasteiger partial charge in [-0.25, -0.2) is 14.5 Å². The number of hydrogen-bond donors (Lipinski definition) is 1. The van der Waals surface area contributed by atoms with Gasteiger partial charge in [0.2, 0.25) is 0 Å². The number of ether oxygens (including phenoxy) is 1. The van der Waals surface area contributed by atoms with Gasteiger partial charge in [0.25, 0.3) is 5.82 Å². The number of aliphatic hydroxyl groups excluding tert-OH is 1. The van der Waals surface area contributed by atoms with E-state index >= 15 is 0 Å². The molecule has 20 heavy (non-hydrogen) atoms. The molecule has 1 N–H and O–H groups in total. The number of nitrogens with zero attached hydrogens (tertiary/aromatic N) is 3. The molecule has 2 heterocycles. The topological polar surface area (TPSA) is 77.2 Å². The maximum atomic E-state index is 11.7. The minimum Gasteiger partial charge on any atom is -0.460 e. The molecule has 1 aliphatic rings. The van der Waals surface area contributed by atoms with Crippen molar-refractivity contribution < 1.29 is 14.6 Å². The van der Waals surface area contributed by atoms with Crippen LogP contribution in [-0.4, -0.2) is 32.4 Å². The molecule has 6 nitrogen and oxygen atoms in total. The summed E-state index contributed by atoms with van der Waals surface area (Å²) >= 11 is 0. The minimum atomic E-state index is -0.712. The number of fused-ring (bicyclic) bond motifs is 1. The van der Waals surface area contributed by atoms with Gasteiger partial charge in [0, 0.05) is 6.42 Å². The summed E-state index contributed by atoms with van der Waals surface area (Å²) in [5.74, 6) is -0.142. The Balaban J connectivity index is 1.96. The summed E-state index contributed by atoms with van der Waals surface area (Å²) in [5.41, 5.74) is 1.03. The van der Waals surface area contributed by atoms with Crippen LogP contribution in [0.25, 0.3) is 0 Å². The average Bonchev–Trinajstić information content (AvgIpc) is 3.01. The Labute approximate surface area is 116 Å². The molecule has 104 valence electrons. The molecule has 0 amide bonds. The quantitative estimate of drug-likeness (QED) is 0.857. The molecule has 2 atom stereocenters. The first kappa shape index (κ1) is 12.8. The number of aromatic nitrogens is 3. The van der Waals surface area contributed by atoms with E-state index in [2.05, 4.69) is 10.1 Å². The highest BCUT2D eigenvalue weighted by Gasteiger charge is 2.35. The first-order valence-corrected chi connectivity index (χ1v) is 6.57. The summed E-state index contributed by atoms with van der Waals surface area (Å²) in [6.45, 7) is 2.00. The number of benzene rings is 1. The van der Waals surface area contributed by atoms with Crippen LogP contribution in [0.2, 0.25) is 0 Å². The molecule has 6 heteroatoms. The van der Waals surface area contributed by atoms with Crippen LogP contribution < -0.4 is 0 Å². The third-order valence-corrected chi connectivity index (χ3v) is 3.34. The molecule has 0 bridgehead atoms. The van der Waals surface area contributed by atoms with E-state index in [1.54, 1.807) is 11.6 Å². The molecule has 0 fully saturated rings. The average molecular weight is 273 g/mol. The van der Waals surface area contributed by atoms with Crippen LogP contribution in [0.5, 0.6) is 0 Å². The van der Waals surface area contributed by atoms with Crippen molar-refractivity contribution in [3.05, 3.63) is 47.5 Å². The largest absolute Gasteiger partial charge is 0.460 e. The van der Waals surface area contributed by atoms with Crippen molar-refractivity contribution in [1.29, 1.82) is 0 Å². The summed E-state index contributed by atoms with van der Waals surface area (Å²) in [4.78, 5) is 15.8. The van der Waals surface area contributed by atoms with E-state index < -0.39 is 12.1 Å². The van der Waals surface area contributed by atoms with Gasteiger partial charge >= 0.3 is 5.97 Å². The van der Waals surface area contributed by atoms with E-state index in [9.17, 15) is 9.90 Å². The van der Waals surface area contributed by atoms with Crippen LogP contribution in [0.1, 0.15) is 47.5 Å². The second kappa shape index (κ2) is 5.05. The normalized spacial score (nSPS) is 20.7. The zero-order valence-corrected chi connectivity index (χ0v) is 11.1. The lowest BCUT2D eigenvalue weighted by molar-refractivity contribution is 0.0510. The molecule has 0 saturated carbocycles. The number of hydrogen-bond acceptors (Lipinski definition) is 5. The number of esters is 1. The van der Waals surface area contributed by atoms with Crippen LogP contribution in [0.3, 0.4) is 0 Å². The van der Waals surface area contributed by atoms with Crippen molar-refractivity contribution in [2.45, 2.75) is 25.5 Å². The van der Waals surface area contributed by atoms with Gasteiger partial charge in [0.05, 0.1) is 12.6 Å². The van der Waals surface area contributed by atoms with E-state index in [0.29, 0.717) is 12.2 Å². The van der Waals surface area contributed by atoms with Crippen LogP contribution in [0, 0.1) is 0 Å². The second-order valence-electron chi connectivity index (χ2n) is 4.64. The highest BCUT2D eigenvalue weighted by Crippen LogP contribution is 2.36. The molecule has 1 aromatic carbocycles. The van der Waals surface area contributed by atoms with Gasteiger partial charge in [-0.05, 0) is 12.5 Å². The van der Waals surface area contributed by atoms with Crippen molar-refractivity contribution in [3.63, 3.8) is 0 Å². The molecular formula is C14H15N3O3. The molecule has 0 spiro atoms. The summed E-state index contributed by atoms with van der Waals surface area (Å²) in [6, 6.07) is 9.64. The van der Waals surface area contributed by atoms with Gasteiger partial charge in [-0.1, -0.05) is 30.3 Å². The maximum Gasteiger partial charge on any atom is 0.378 e. The molecule has 0 saturated heterocycles. The summed E-state index contributed by atoms with van der Waals surface area (Å²) in [7, 11) is 0. The van der Waals surface area contributed by atoms with Crippen molar-refractivity contribution in [1.82, 2.24) is 14.8 Å². The number of aliphatic hydroxyl groups is 1. The summed E-state index contributed by atoms with van der Waals surface area (Å²) in [6.07, 6.45) is -0.196. The van der Waals surface area contributed by atoms with E-state index in [1.165, 1.54) is 0 Å². The lowest BCUT2D eigenvalue weighted by atomic mass is 10.0. The Bertz CT molecular complexity index is 624. The van der Waals surface area contributed by atoms with E-state index in [-0.39, 0.29) is 18.5 Å². The molecule has 0 radical (unpaired) electrons. The highest BCUT2D eigenvalue weighted by atomic mass is 16.5. The monoisotopic (exact) mass is 273 g/mol. The van der Waals surface area contributed by atoms with E-state index in [0.717, 1.165) is 5.56 Å². The van der Waals surface area contributed by atoms with Gasteiger partial charge in [-0.3, -0.25) is 0 Å². The zero-order chi connectivity index (χ0) is 14.1. The molecule has 1 unspecified atom stereocenters. The molecule has 0 aliphatic carbocycles. The van der Waals surface area contributed by atoms with Crippen molar-refractivity contribution in [2.24, 2.45) is 0 Å². The third kappa shape index (κ3) is 2.08. The minimum absolute atomic E-state index is 0.00142. The van der Waals surface area contributed by atoms with Crippen LogP contribution >= 0.6 is 0 Å². The smallest absolute Gasteiger partial charge is 0.378 e. The van der Waals surface area contributed by atoms with Gasteiger partial charge in [-0.15, -0.1) is 5.10 Å². The van der Waals surface area contributed by atoms with Crippen LogP contribution in [0.4, 0.5) is 0 Å². The SMILES string of the molecule is CCOC(=O)c1nc2n(n1)C(c1ccccc1)C[C@H]2O. The number of carbonyl (C=O) groups is 1. The standard InChI is InChI=1S/C14H15N3O3/c1-2-20-14(19)12-15-13-11(18)8-10(17(13)16-12)9-6-4-3-5-7-9/h3-7,10-11,18H,2,8H2,1H3/t10?,11-/m1/s1. The Morgan fingerprint density at radius 3 is 2.90 bits per heavy atom. The van der Waals surface area contributed by atoms with E-state index in [4.69, 9.17) is 4.74 Å². The van der Waals surface area contributed by atoms with Gasteiger partial charge in [-0.2, -0.15) is 0 Å². The van der Waals surface area contributed by atoms with Crippen molar-refractivity contribution in [2.75, 3.05) is 6.61 Å². The van der Waals surface area contributed by atoms with Crippen molar-refractivity contribution in [3.8, 4) is 0 Å². The fraction of sp³-hybridized carbons (Fsp3) is 0.357. The number of carbonyl (C=O) groups excluding carboxylic acids is 1.